The lowest BCUT2D eigenvalue weighted by Gasteiger charge is -2.32. The predicted octanol–water partition coefficient (Wildman–Crippen LogP) is 0.922. The van der Waals surface area contributed by atoms with Crippen molar-refractivity contribution in [2.45, 2.75) is 39.5 Å². The molecule has 2 amide bonds. The van der Waals surface area contributed by atoms with Crippen molar-refractivity contribution in [2.75, 3.05) is 26.7 Å². The molecule has 144 valence electrons. The Hall–Kier alpha value is -2.38. The van der Waals surface area contributed by atoms with Crippen LogP contribution in [0.2, 0.25) is 0 Å². The van der Waals surface area contributed by atoms with Gasteiger partial charge in [0.05, 0.1) is 24.1 Å². The van der Waals surface area contributed by atoms with E-state index < -0.39 is 5.97 Å². The first kappa shape index (κ1) is 19.9. The second-order valence-corrected chi connectivity index (χ2v) is 7.12. The van der Waals surface area contributed by atoms with Gasteiger partial charge in [-0.3, -0.25) is 19.1 Å². The molecule has 8 heteroatoms. The summed E-state index contributed by atoms with van der Waals surface area (Å²) in [6, 6.07) is 0. The number of aliphatic carboxylic acids is 1. The van der Waals surface area contributed by atoms with Crippen molar-refractivity contribution in [3.63, 3.8) is 0 Å². The molecule has 1 saturated heterocycles. The summed E-state index contributed by atoms with van der Waals surface area (Å²) in [5.74, 6) is -1.83. The molecular weight excluding hydrogens is 336 g/mol. The summed E-state index contributed by atoms with van der Waals surface area (Å²) in [7, 11) is 3.47. The molecule has 1 aromatic heterocycles. The number of aryl methyl sites for hydroxylation is 2. The Labute approximate surface area is 153 Å². The second kappa shape index (κ2) is 7.88. The fraction of sp³-hybridized carbons (Fsp3) is 0.667. The van der Waals surface area contributed by atoms with Gasteiger partial charge in [0.25, 0.3) is 0 Å². The number of nitrogens with zero attached hydrogens (tertiary/aromatic N) is 4. The molecule has 1 aliphatic heterocycles. The molecule has 0 aliphatic carbocycles. The fourth-order valence-electron chi connectivity index (χ4n) is 3.63. The van der Waals surface area contributed by atoms with Gasteiger partial charge in [-0.15, -0.1) is 0 Å². The third-order valence-corrected chi connectivity index (χ3v) is 5.31. The molecule has 1 N–H and O–H groups in total. The van der Waals surface area contributed by atoms with Crippen LogP contribution in [0.5, 0.6) is 0 Å². The molecule has 2 heterocycles. The standard InChI is InChI=1S/C18H28N4O4/c1-11(16-12(2)19-21(5)13(16)3)17(24)20(4)10-15(23)22-8-6-14(7-9-22)18(25)26/h11,14H,6-10H2,1-5H3,(H,25,26). The minimum absolute atomic E-state index is 0.000725. The maximum absolute atomic E-state index is 12.8. The topological polar surface area (TPSA) is 95.7 Å². The van der Waals surface area contributed by atoms with Crippen LogP contribution >= 0.6 is 0 Å². The molecule has 1 aromatic rings. The number of likely N-dealkylation sites (N-methyl/N-ethyl adjacent to an activating group) is 1. The van der Waals surface area contributed by atoms with Crippen LogP contribution < -0.4 is 0 Å². The number of aromatic nitrogens is 2. The number of carbonyl (C=O) groups excluding carboxylic acids is 2. The number of hydrogen-bond acceptors (Lipinski definition) is 4. The molecule has 1 atom stereocenters. The van der Waals surface area contributed by atoms with Gasteiger partial charge in [-0.2, -0.15) is 5.10 Å². The Bertz CT molecular complexity index is 704. The molecule has 0 radical (unpaired) electrons. The first-order valence-corrected chi connectivity index (χ1v) is 8.89. The summed E-state index contributed by atoms with van der Waals surface area (Å²) in [6.45, 7) is 6.49. The van der Waals surface area contributed by atoms with Gasteiger partial charge in [0.15, 0.2) is 0 Å². The van der Waals surface area contributed by atoms with Crippen molar-refractivity contribution in [2.24, 2.45) is 13.0 Å². The van der Waals surface area contributed by atoms with Crippen molar-refractivity contribution in [3.8, 4) is 0 Å². The first-order chi connectivity index (χ1) is 12.1. The Morgan fingerprint density at radius 2 is 1.85 bits per heavy atom. The highest BCUT2D eigenvalue weighted by molar-refractivity contribution is 5.88. The number of amides is 2. The Morgan fingerprint density at radius 3 is 2.31 bits per heavy atom. The van der Waals surface area contributed by atoms with E-state index in [0.29, 0.717) is 25.9 Å². The Morgan fingerprint density at radius 1 is 1.27 bits per heavy atom. The molecule has 0 bridgehead atoms. The summed E-state index contributed by atoms with van der Waals surface area (Å²) < 4.78 is 1.76. The number of carboxylic acid groups (broad SMARTS) is 1. The van der Waals surface area contributed by atoms with E-state index in [4.69, 9.17) is 5.11 Å². The lowest BCUT2D eigenvalue weighted by atomic mass is 9.97. The third kappa shape index (κ3) is 4.05. The molecule has 1 fully saturated rings. The Kier molecular flexibility index (Phi) is 6.05. The third-order valence-electron chi connectivity index (χ3n) is 5.31. The van der Waals surface area contributed by atoms with Crippen LogP contribution in [-0.4, -0.2) is 69.2 Å². The second-order valence-electron chi connectivity index (χ2n) is 7.12. The van der Waals surface area contributed by atoms with Gasteiger partial charge in [0.1, 0.15) is 0 Å². The zero-order valence-corrected chi connectivity index (χ0v) is 16.2. The van der Waals surface area contributed by atoms with Gasteiger partial charge in [0.2, 0.25) is 11.8 Å². The Balaban J connectivity index is 1.96. The smallest absolute Gasteiger partial charge is 0.306 e. The van der Waals surface area contributed by atoms with Crippen molar-refractivity contribution >= 4 is 17.8 Å². The van der Waals surface area contributed by atoms with Crippen molar-refractivity contribution < 1.29 is 19.5 Å². The highest BCUT2D eigenvalue weighted by Crippen LogP contribution is 2.24. The van der Waals surface area contributed by atoms with Gasteiger partial charge in [-0.1, -0.05) is 0 Å². The fourth-order valence-corrected chi connectivity index (χ4v) is 3.63. The van der Waals surface area contributed by atoms with Crippen LogP contribution in [0.15, 0.2) is 0 Å². The molecule has 26 heavy (non-hydrogen) atoms. The summed E-state index contributed by atoms with van der Waals surface area (Å²) >= 11 is 0. The largest absolute Gasteiger partial charge is 0.481 e. The molecule has 1 unspecified atom stereocenters. The number of rotatable bonds is 5. The monoisotopic (exact) mass is 364 g/mol. The maximum Gasteiger partial charge on any atom is 0.306 e. The summed E-state index contributed by atoms with van der Waals surface area (Å²) in [5.41, 5.74) is 2.67. The molecule has 0 saturated carbocycles. The summed E-state index contributed by atoms with van der Waals surface area (Å²) in [6.07, 6.45) is 0.923. The van der Waals surface area contributed by atoms with E-state index in [-0.39, 0.29) is 30.2 Å². The van der Waals surface area contributed by atoms with E-state index in [0.717, 1.165) is 17.0 Å². The van der Waals surface area contributed by atoms with Gasteiger partial charge in [0, 0.05) is 38.4 Å². The van der Waals surface area contributed by atoms with Crippen LogP contribution in [-0.2, 0) is 21.4 Å². The van der Waals surface area contributed by atoms with E-state index in [1.54, 1.807) is 16.6 Å². The SMILES string of the molecule is Cc1nn(C)c(C)c1C(C)C(=O)N(C)CC(=O)N1CCC(C(=O)O)CC1. The van der Waals surface area contributed by atoms with Gasteiger partial charge in [-0.05, 0) is 33.6 Å². The first-order valence-electron chi connectivity index (χ1n) is 8.89. The van der Waals surface area contributed by atoms with E-state index in [9.17, 15) is 14.4 Å². The zero-order valence-electron chi connectivity index (χ0n) is 16.2. The molecular formula is C18H28N4O4. The molecule has 8 nitrogen and oxygen atoms in total. The van der Waals surface area contributed by atoms with Crippen molar-refractivity contribution in [1.29, 1.82) is 0 Å². The van der Waals surface area contributed by atoms with Crippen LogP contribution in [0.1, 0.15) is 42.6 Å². The number of piperidine rings is 1. The molecule has 0 spiro atoms. The van der Waals surface area contributed by atoms with Crippen LogP contribution in [0.4, 0.5) is 0 Å². The van der Waals surface area contributed by atoms with Crippen LogP contribution in [0, 0.1) is 19.8 Å². The summed E-state index contributed by atoms with van der Waals surface area (Å²) in [5, 5.41) is 13.4. The number of carbonyl (C=O) groups is 3. The average Bonchev–Trinajstić information content (AvgIpc) is 2.85. The molecule has 0 aromatic carbocycles. The van der Waals surface area contributed by atoms with E-state index in [1.807, 2.05) is 27.8 Å². The van der Waals surface area contributed by atoms with Gasteiger partial charge < -0.3 is 14.9 Å². The molecule has 1 aliphatic rings. The number of likely N-dealkylation sites (tertiary alicyclic amines) is 1. The lowest BCUT2D eigenvalue weighted by Crippen LogP contribution is -2.46. The van der Waals surface area contributed by atoms with Crippen LogP contribution in [0.3, 0.4) is 0 Å². The quantitative estimate of drug-likeness (QED) is 0.838. The minimum atomic E-state index is -0.805. The molecule has 2 rings (SSSR count). The summed E-state index contributed by atoms with van der Waals surface area (Å²) in [4.78, 5) is 39.3. The van der Waals surface area contributed by atoms with E-state index in [2.05, 4.69) is 5.10 Å². The van der Waals surface area contributed by atoms with Gasteiger partial charge in [-0.25, -0.2) is 0 Å². The highest BCUT2D eigenvalue weighted by Gasteiger charge is 2.30. The van der Waals surface area contributed by atoms with E-state index >= 15 is 0 Å². The number of hydrogen-bond donors (Lipinski definition) is 1. The minimum Gasteiger partial charge on any atom is -0.481 e. The van der Waals surface area contributed by atoms with Crippen molar-refractivity contribution in [3.05, 3.63) is 17.0 Å². The van der Waals surface area contributed by atoms with Crippen LogP contribution in [0.25, 0.3) is 0 Å². The zero-order chi connectivity index (χ0) is 19.6. The maximum atomic E-state index is 12.8. The van der Waals surface area contributed by atoms with E-state index in [1.165, 1.54) is 4.90 Å². The lowest BCUT2D eigenvalue weighted by molar-refractivity contribution is -0.146. The van der Waals surface area contributed by atoms with Gasteiger partial charge >= 0.3 is 5.97 Å². The normalized spacial score (nSPS) is 16.4. The predicted molar refractivity (Wildman–Crippen MR) is 95.7 cm³/mol. The number of carboxylic acids is 1. The highest BCUT2D eigenvalue weighted by atomic mass is 16.4. The average molecular weight is 364 g/mol. The van der Waals surface area contributed by atoms with Crippen molar-refractivity contribution in [1.82, 2.24) is 19.6 Å².